The molecule has 1 fully saturated rings. The maximum Gasteiger partial charge on any atom is 0.252 e. The van der Waals surface area contributed by atoms with Crippen LogP contribution in [0, 0.1) is 0 Å². The van der Waals surface area contributed by atoms with Crippen molar-refractivity contribution in [3.63, 3.8) is 0 Å². The minimum atomic E-state index is -3.56. The van der Waals surface area contributed by atoms with Crippen LogP contribution in [0.5, 0.6) is 0 Å². The van der Waals surface area contributed by atoms with Gasteiger partial charge in [-0.15, -0.1) is 11.3 Å². The van der Waals surface area contributed by atoms with E-state index in [1.54, 1.807) is 6.07 Å². The Morgan fingerprint density at radius 3 is 2.84 bits per heavy atom. The van der Waals surface area contributed by atoms with Gasteiger partial charge in [0.15, 0.2) is 0 Å². The molecule has 0 saturated carbocycles. The highest BCUT2D eigenvalue weighted by molar-refractivity contribution is 7.91. The van der Waals surface area contributed by atoms with Crippen LogP contribution in [0.2, 0.25) is 4.34 Å². The number of hydrogen-bond acceptors (Lipinski definition) is 5. The maximum absolute atomic E-state index is 12.5. The van der Waals surface area contributed by atoms with Gasteiger partial charge in [-0.3, -0.25) is 0 Å². The normalized spacial score (nSPS) is 20.3. The fourth-order valence-corrected chi connectivity index (χ4v) is 5.26. The molecule has 0 aliphatic carbocycles. The SMILES string of the molecule is O=S(=O)(c1ccc(Cl)s1)N(CCO)CC1CCCN1. The Labute approximate surface area is 122 Å². The van der Waals surface area contributed by atoms with E-state index in [9.17, 15) is 8.42 Å². The lowest BCUT2D eigenvalue weighted by atomic mass is 10.2. The predicted molar refractivity (Wildman–Crippen MR) is 76.2 cm³/mol. The molecule has 5 nitrogen and oxygen atoms in total. The van der Waals surface area contributed by atoms with Crippen molar-refractivity contribution in [1.29, 1.82) is 0 Å². The van der Waals surface area contributed by atoms with Crippen LogP contribution >= 0.6 is 22.9 Å². The molecule has 1 aromatic heterocycles. The van der Waals surface area contributed by atoms with E-state index in [2.05, 4.69) is 5.32 Å². The number of aliphatic hydroxyl groups is 1. The first-order valence-corrected chi connectivity index (χ1v) is 8.77. The number of sulfonamides is 1. The molecule has 2 heterocycles. The van der Waals surface area contributed by atoms with Crippen molar-refractivity contribution in [2.45, 2.75) is 23.1 Å². The fourth-order valence-electron chi connectivity index (χ4n) is 2.14. The number of nitrogens with zero attached hydrogens (tertiary/aromatic N) is 1. The summed E-state index contributed by atoms with van der Waals surface area (Å²) in [5.41, 5.74) is 0. The van der Waals surface area contributed by atoms with Gasteiger partial charge in [0.1, 0.15) is 4.21 Å². The lowest BCUT2D eigenvalue weighted by Gasteiger charge is -2.23. The number of thiophene rings is 1. The third-order valence-electron chi connectivity index (χ3n) is 3.08. The molecule has 0 aromatic carbocycles. The van der Waals surface area contributed by atoms with Gasteiger partial charge in [0.25, 0.3) is 10.0 Å². The Balaban J connectivity index is 2.16. The summed E-state index contributed by atoms with van der Waals surface area (Å²) in [4.78, 5) is 0. The second kappa shape index (κ2) is 6.51. The van der Waals surface area contributed by atoms with Crippen molar-refractivity contribution >= 4 is 33.0 Å². The van der Waals surface area contributed by atoms with Crippen molar-refractivity contribution in [2.24, 2.45) is 0 Å². The first-order valence-electron chi connectivity index (χ1n) is 6.14. The van der Waals surface area contributed by atoms with Gasteiger partial charge in [-0.25, -0.2) is 8.42 Å². The average molecular weight is 325 g/mol. The Hall–Kier alpha value is -0.180. The number of aliphatic hydroxyl groups excluding tert-OH is 1. The van der Waals surface area contributed by atoms with Crippen LogP contribution in [0.4, 0.5) is 0 Å². The summed E-state index contributed by atoms with van der Waals surface area (Å²) in [5, 5.41) is 12.3. The maximum atomic E-state index is 12.5. The summed E-state index contributed by atoms with van der Waals surface area (Å²) in [5.74, 6) is 0. The van der Waals surface area contributed by atoms with Crippen LogP contribution < -0.4 is 5.32 Å². The van der Waals surface area contributed by atoms with Crippen LogP contribution in [0.15, 0.2) is 16.3 Å². The molecule has 108 valence electrons. The molecular formula is C11H17ClN2O3S2. The van der Waals surface area contributed by atoms with Gasteiger partial charge < -0.3 is 10.4 Å². The minimum absolute atomic E-state index is 0.107. The van der Waals surface area contributed by atoms with E-state index in [4.69, 9.17) is 16.7 Å². The summed E-state index contributed by atoms with van der Waals surface area (Å²) in [6, 6.07) is 3.25. The first-order chi connectivity index (χ1) is 9.04. The van der Waals surface area contributed by atoms with Gasteiger partial charge in [-0.05, 0) is 31.5 Å². The molecular weight excluding hydrogens is 308 g/mol. The molecule has 19 heavy (non-hydrogen) atoms. The van der Waals surface area contributed by atoms with E-state index in [1.807, 2.05) is 0 Å². The zero-order valence-electron chi connectivity index (χ0n) is 10.4. The molecule has 2 N–H and O–H groups in total. The molecule has 1 aliphatic heterocycles. The number of hydrogen-bond donors (Lipinski definition) is 2. The zero-order chi connectivity index (χ0) is 13.9. The van der Waals surface area contributed by atoms with E-state index < -0.39 is 10.0 Å². The van der Waals surface area contributed by atoms with Crippen molar-refractivity contribution in [1.82, 2.24) is 9.62 Å². The Bertz CT molecular complexity index is 512. The van der Waals surface area contributed by atoms with Gasteiger partial charge in [0.05, 0.1) is 10.9 Å². The monoisotopic (exact) mass is 324 g/mol. The van der Waals surface area contributed by atoms with Crippen molar-refractivity contribution in [2.75, 3.05) is 26.2 Å². The molecule has 2 rings (SSSR count). The standard InChI is InChI=1S/C11H17ClN2O3S2/c12-10-3-4-11(18-10)19(16,17)14(6-7-15)8-9-2-1-5-13-9/h3-4,9,13,15H,1-2,5-8H2. The van der Waals surface area contributed by atoms with E-state index >= 15 is 0 Å². The van der Waals surface area contributed by atoms with Crippen molar-refractivity contribution in [3.05, 3.63) is 16.5 Å². The lowest BCUT2D eigenvalue weighted by molar-refractivity contribution is 0.246. The van der Waals surface area contributed by atoms with E-state index in [0.717, 1.165) is 30.7 Å². The average Bonchev–Trinajstić information content (AvgIpc) is 3.00. The number of halogens is 1. The smallest absolute Gasteiger partial charge is 0.252 e. The third kappa shape index (κ3) is 3.68. The second-order valence-electron chi connectivity index (χ2n) is 4.44. The summed E-state index contributed by atoms with van der Waals surface area (Å²) in [6.45, 7) is 1.22. The highest BCUT2D eigenvalue weighted by atomic mass is 35.5. The molecule has 0 spiro atoms. The van der Waals surface area contributed by atoms with Gasteiger partial charge in [0, 0.05) is 19.1 Å². The molecule has 0 amide bonds. The quantitative estimate of drug-likeness (QED) is 0.823. The molecule has 8 heteroatoms. The van der Waals surface area contributed by atoms with E-state index in [1.165, 1.54) is 10.4 Å². The molecule has 1 atom stereocenters. The molecule has 1 aromatic rings. The Morgan fingerprint density at radius 1 is 1.53 bits per heavy atom. The van der Waals surface area contributed by atoms with Gasteiger partial charge in [-0.1, -0.05) is 11.6 Å². The van der Waals surface area contributed by atoms with Crippen molar-refractivity contribution < 1.29 is 13.5 Å². The van der Waals surface area contributed by atoms with E-state index in [-0.39, 0.29) is 23.4 Å². The Morgan fingerprint density at radius 2 is 2.32 bits per heavy atom. The summed E-state index contributed by atoms with van der Waals surface area (Å²) in [6.07, 6.45) is 2.02. The Kier molecular flexibility index (Phi) is 5.22. The zero-order valence-corrected chi connectivity index (χ0v) is 12.8. The number of nitrogens with one attached hydrogen (secondary N) is 1. The van der Waals surface area contributed by atoms with Gasteiger partial charge >= 0.3 is 0 Å². The summed E-state index contributed by atoms with van der Waals surface area (Å²) in [7, 11) is -3.56. The molecule has 0 bridgehead atoms. The molecule has 1 aliphatic rings. The van der Waals surface area contributed by atoms with Crippen LogP contribution in [0.25, 0.3) is 0 Å². The second-order valence-corrected chi connectivity index (χ2v) is 8.32. The van der Waals surface area contributed by atoms with Crippen molar-refractivity contribution in [3.8, 4) is 0 Å². The fraction of sp³-hybridized carbons (Fsp3) is 0.636. The van der Waals surface area contributed by atoms with Crippen LogP contribution in [-0.2, 0) is 10.0 Å². The first kappa shape index (κ1) is 15.2. The third-order valence-corrected chi connectivity index (χ3v) is 6.64. The number of rotatable bonds is 6. The van der Waals surface area contributed by atoms with Crippen LogP contribution in [0.3, 0.4) is 0 Å². The summed E-state index contributed by atoms with van der Waals surface area (Å²) < 4.78 is 26.9. The van der Waals surface area contributed by atoms with Gasteiger partial charge in [0.2, 0.25) is 0 Å². The highest BCUT2D eigenvalue weighted by Gasteiger charge is 2.29. The van der Waals surface area contributed by atoms with Crippen LogP contribution in [-0.4, -0.2) is 50.1 Å². The summed E-state index contributed by atoms with van der Waals surface area (Å²) >= 11 is 6.83. The predicted octanol–water partition coefficient (Wildman–Crippen LogP) is 1.14. The van der Waals surface area contributed by atoms with E-state index in [0.29, 0.717) is 10.9 Å². The molecule has 1 saturated heterocycles. The lowest BCUT2D eigenvalue weighted by Crippen LogP contribution is -2.42. The highest BCUT2D eigenvalue weighted by Crippen LogP contribution is 2.28. The molecule has 0 radical (unpaired) electrons. The minimum Gasteiger partial charge on any atom is -0.395 e. The van der Waals surface area contributed by atoms with Crippen LogP contribution in [0.1, 0.15) is 12.8 Å². The van der Waals surface area contributed by atoms with Gasteiger partial charge in [-0.2, -0.15) is 4.31 Å². The molecule has 1 unspecified atom stereocenters. The largest absolute Gasteiger partial charge is 0.395 e. The topological polar surface area (TPSA) is 69.6 Å².